The van der Waals surface area contributed by atoms with E-state index in [9.17, 15) is 5.11 Å². The van der Waals surface area contributed by atoms with Gasteiger partial charge in [0.15, 0.2) is 0 Å². The quantitative estimate of drug-likeness (QED) is 0.199. The number of aliphatic hydroxyl groups is 1. The Morgan fingerprint density at radius 2 is 1.87 bits per heavy atom. The first-order valence-corrected chi connectivity index (χ1v) is 14.2. The summed E-state index contributed by atoms with van der Waals surface area (Å²) in [5.74, 6) is 0.0592. The van der Waals surface area contributed by atoms with Crippen molar-refractivity contribution in [2.24, 2.45) is 11.0 Å². The van der Waals surface area contributed by atoms with Crippen LogP contribution in [0.3, 0.4) is 0 Å². The van der Waals surface area contributed by atoms with Crippen LogP contribution in [0, 0.1) is 5.92 Å². The molecule has 0 bridgehead atoms. The summed E-state index contributed by atoms with van der Waals surface area (Å²) in [4.78, 5) is 0.334. The predicted molar refractivity (Wildman–Crippen MR) is 133 cm³/mol. The monoisotopic (exact) mass is 496 g/mol. The third kappa shape index (κ3) is 10.1. The molecule has 2 rings (SSSR count). The molecule has 5 heteroatoms. The molecule has 31 heavy (non-hydrogen) atoms. The van der Waals surface area contributed by atoms with Crippen molar-refractivity contribution in [3.05, 3.63) is 30.3 Å². The van der Waals surface area contributed by atoms with E-state index >= 15 is 0 Å². The van der Waals surface area contributed by atoms with E-state index in [4.69, 9.17) is 9.84 Å². The zero-order valence-electron chi connectivity index (χ0n) is 19.9. The summed E-state index contributed by atoms with van der Waals surface area (Å²) in [7, 11) is 1.76. The maximum atomic E-state index is 11.2. The second kappa shape index (κ2) is 15.9. The molecule has 1 aromatic carbocycles. The summed E-state index contributed by atoms with van der Waals surface area (Å²) in [6.07, 6.45) is 14.3. The van der Waals surface area contributed by atoms with E-state index in [1.165, 1.54) is 55.8 Å². The molecule has 176 valence electrons. The van der Waals surface area contributed by atoms with E-state index < -0.39 is 0 Å². The molecular weight excluding hydrogens is 451 g/mol. The molecular formula is C26H44N2O2Se. The van der Waals surface area contributed by atoms with Gasteiger partial charge in [0, 0.05) is 0 Å². The molecule has 0 radical (unpaired) electrons. The Morgan fingerprint density at radius 3 is 2.58 bits per heavy atom. The van der Waals surface area contributed by atoms with Crippen LogP contribution in [0.15, 0.2) is 35.4 Å². The fourth-order valence-corrected chi connectivity index (χ4v) is 7.03. The van der Waals surface area contributed by atoms with Gasteiger partial charge in [-0.25, -0.2) is 0 Å². The van der Waals surface area contributed by atoms with Crippen LogP contribution in [-0.2, 0) is 4.74 Å². The van der Waals surface area contributed by atoms with E-state index in [0.29, 0.717) is 10.9 Å². The van der Waals surface area contributed by atoms with Crippen molar-refractivity contribution in [3.8, 4) is 0 Å². The molecule has 1 saturated heterocycles. The first kappa shape index (κ1) is 26.4. The van der Waals surface area contributed by atoms with E-state index in [1.807, 2.05) is 6.21 Å². The Morgan fingerprint density at radius 1 is 1.16 bits per heavy atom. The van der Waals surface area contributed by atoms with Crippen LogP contribution in [0.4, 0.5) is 0 Å². The van der Waals surface area contributed by atoms with Crippen molar-refractivity contribution in [3.63, 3.8) is 0 Å². The van der Waals surface area contributed by atoms with Gasteiger partial charge in [0.1, 0.15) is 0 Å². The molecule has 0 aromatic heterocycles. The van der Waals surface area contributed by atoms with Crippen molar-refractivity contribution >= 4 is 25.6 Å². The molecule has 1 aromatic rings. The Labute approximate surface area is 197 Å². The van der Waals surface area contributed by atoms with Gasteiger partial charge >= 0.3 is 197 Å². The molecule has 1 aliphatic rings. The summed E-state index contributed by atoms with van der Waals surface area (Å²) in [6, 6.07) is 11.1. The van der Waals surface area contributed by atoms with Gasteiger partial charge in [0.2, 0.25) is 0 Å². The summed E-state index contributed by atoms with van der Waals surface area (Å²) in [6.45, 7) is 6.10. The minimum absolute atomic E-state index is 0.0592. The van der Waals surface area contributed by atoms with Crippen molar-refractivity contribution in [2.75, 3.05) is 20.3 Å². The maximum absolute atomic E-state index is 11.2. The third-order valence-electron chi connectivity index (χ3n) is 6.20. The molecule has 4 nitrogen and oxygen atoms in total. The number of rotatable bonds is 16. The third-order valence-corrected chi connectivity index (χ3v) is 9.05. The van der Waals surface area contributed by atoms with Crippen LogP contribution in [0.2, 0.25) is 4.82 Å². The van der Waals surface area contributed by atoms with Gasteiger partial charge in [-0.1, -0.05) is 0 Å². The SMILES string of the molecule is CCCCCCCCCC([Se]c1ccccc1)C(O)[C@H](C)/C=N/N1CCC[C@H]1COC. The molecule has 1 aliphatic heterocycles. The van der Waals surface area contributed by atoms with Gasteiger partial charge in [0.25, 0.3) is 0 Å². The zero-order chi connectivity index (χ0) is 22.3. The van der Waals surface area contributed by atoms with Crippen molar-refractivity contribution in [1.82, 2.24) is 5.01 Å². The Bertz CT molecular complexity index is 598. The van der Waals surface area contributed by atoms with E-state index in [1.54, 1.807) is 7.11 Å². The topological polar surface area (TPSA) is 45.1 Å². The summed E-state index contributed by atoms with van der Waals surface area (Å²) < 4.78 is 6.72. The van der Waals surface area contributed by atoms with E-state index in [2.05, 4.69) is 49.2 Å². The number of unbranched alkanes of at least 4 members (excludes halogenated alkanes) is 6. The van der Waals surface area contributed by atoms with Gasteiger partial charge in [-0.15, -0.1) is 0 Å². The number of ether oxygens (including phenoxy) is 1. The Kier molecular flexibility index (Phi) is 13.5. The van der Waals surface area contributed by atoms with Crippen molar-refractivity contribution < 1.29 is 9.84 Å². The van der Waals surface area contributed by atoms with Crippen LogP contribution < -0.4 is 4.46 Å². The van der Waals surface area contributed by atoms with Crippen molar-refractivity contribution in [2.45, 2.75) is 95.0 Å². The molecule has 2 unspecified atom stereocenters. The summed E-state index contributed by atoms with van der Waals surface area (Å²) in [5.41, 5.74) is 0. The summed E-state index contributed by atoms with van der Waals surface area (Å²) in [5, 5.41) is 18.1. The number of aliphatic hydroxyl groups excluding tert-OH is 1. The average Bonchev–Trinajstić information content (AvgIpc) is 3.23. The molecule has 1 heterocycles. The molecule has 4 atom stereocenters. The van der Waals surface area contributed by atoms with Crippen LogP contribution in [0.1, 0.15) is 78.1 Å². The van der Waals surface area contributed by atoms with Crippen LogP contribution >= 0.6 is 0 Å². The molecule has 1 N–H and O–H groups in total. The number of hydrogen-bond acceptors (Lipinski definition) is 4. The van der Waals surface area contributed by atoms with Crippen LogP contribution in [0.5, 0.6) is 0 Å². The number of hydrazone groups is 1. The molecule has 0 spiro atoms. The number of hydrogen-bond donors (Lipinski definition) is 1. The summed E-state index contributed by atoms with van der Waals surface area (Å²) >= 11 is 0.275. The van der Waals surface area contributed by atoms with Gasteiger partial charge in [-0.2, -0.15) is 0 Å². The number of nitrogens with zero attached hydrogens (tertiary/aromatic N) is 2. The molecule has 0 saturated carbocycles. The van der Waals surface area contributed by atoms with E-state index in [-0.39, 0.29) is 27.0 Å². The van der Waals surface area contributed by atoms with Crippen LogP contribution in [-0.4, -0.2) is 63.7 Å². The zero-order valence-corrected chi connectivity index (χ0v) is 21.6. The fourth-order valence-electron chi connectivity index (χ4n) is 4.23. The predicted octanol–water partition coefficient (Wildman–Crippen LogP) is 5.04. The van der Waals surface area contributed by atoms with Crippen LogP contribution in [0.25, 0.3) is 0 Å². The van der Waals surface area contributed by atoms with Crippen molar-refractivity contribution in [1.29, 1.82) is 0 Å². The number of benzene rings is 1. The fraction of sp³-hybridized carbons (Fsp3) is 0.731. The standard InChI is InChI=1S/C26H44N2O2Se/c1-4-5-6-7-8-9-13-18-25(31-24-16-11-10-12-17-24)26(29)22(2)20-27-28-19-14-15-23(28)21-30-3/h10-12,16-17,20,22-23,25-26,29H,4-9,13-15,18-19,21H2,1-3H3/b27-20+/t22-,23+,25?,26?/m1/s1. The second-order valence-corrected chi connectivity index (χ2v) is 11.7. The first-order valence-electron chi connectivity index (χ1n) is 12.3. The van der Waals surface area contributed by atoms with Gasteiger partial charge in [0.05, 0.1) is 0 Å². The molecule has 0 aliphatic carbocycles. The first-order chi connectivity index (χ1) is 15.2. The van der Waals surface area contributed by atoms with Gasteiger partial charge in [-0.05, 0) is 0 Å². The van der Waals surface area contributed by atoms with Gasteiger partial charge in [-0.3, -0.25) is 0 Å². The number of methoxy groups -OCH3 is 1. The minimum atomic E-state index is -0.340. The molecule has 1 fully saturated rings. The van der Waals surface area contributed by atoms with Gasteiger partial charge < -0.3 is 0 Å². The normalized spacial score (nSPS) is 19.7. The average molecular weight is 496 g/mol. The Hall–Kier alpha value is -0.871. The second-order valence-electron chi connectivity index (χ2n) is 8.91. The molecule has 0 amide bonds. The Balaban J connectivity index is 1.89. The van der Waals surface area contributed by atoms with E-state index in [0.717, 1.165) is 26.0 Å².